The zero-order valence-corrected chi connectivity index (χ0v) is 18.8. The third-order valence-electron chi connectivity index (χ3n) is 6.75. The summed E-state index contributed by atoms with van der Waals surface area (Å²) in [5.41, 5.74) is 1.93. The Labute approximate surface area is 184 Å². The zero-order valence-electron chi connectivity index (χ0n) is 18.8. The van der Waals surface area contributed by atoms with Gasteiger partial charge in [0.1, 0.15) is 0 Å². The lowest BCUT2D eigenvalue weighted by Gasteiger charge is -2.34. The van der Waals surface area contributed by atoms with Crippen molar-refractivity contribution in [1.29, 1.82) is 0 Å². The van der Waals surface area contributed by atoms with E-state index in [9.17, 15) is 14.7 Å². The van der Waals surface area contributed by atoms with Gasteiger partial charge in [0.25, 0.3) is 0 Å². The number of aliphatic hydroxyl groups excluding tert-OH is 1. The number of nitrogens with one attached hydrogen (secondary N) is 1. The number of hydrogen-bond donors (Lipinski definition) is 2. The van der Waals surface area contributed by atoms with E-state index in [-0.39, 0.29) is 23.3 Å². The van der Waals surface area contributed by atoms with Gasteiger partial charge in [-0.05, 0) is 43.7 Å². The molecule has 7 nitrogen and oxygen atoms in total. The molecule has 2 N–H and O–H groups in total. The molecule has 3 atom stereocenters. The van der Waals surface area contributed by atoms with E-state index in [0.29, 0.717) is 32.2 Å². The summed E-state index contributed by atoms with van der Waals surface area (Å²) in [7, 11) is 3.67. The number of aliphatic hydroxyl groups is 1. The summed E-state index contributed by atoms with van der Waals surface area (Å²) in [6.45, 7) is 2.06. The van der Waals surface area contributed by atoms with Gasteiger partial charge in [-0.1, -0.05) is 30.3 Å². The molecule has 0 aliphatic heterocycles. The molecule has 2 aromatic rings. The fraction of sp³-hybridized carbons (Fsp3) is 0.542. The van der Waals surface area contributed by atoms with Crippen molar-refractivity contribution in [1.82, 2.24) is 20.0 Å². The molecule has 168 valence electrons. The quantitative estimate of drug-likeness (QED) is 0.665. The molecule has 0 bridgehead atoms. The second kappa shape index (κ2) is 10.1. The zero-order chi connectivity index (χ0) is 22.4. The molecule has 0 saturated heterocycles. The minimum absolute atomic E-state index is 0.0272. The summed E-state index contributed by atoms with van der Waals surface area (Å²) >= 11 is 0. The van der Waals surface area contributed by atoms with Crippen LogP contribution in [0.2, 0.25) is 0 Å². The van der Waals surface area contributed by atoms with Gasteiger partial charge in [0.2, 0.25) is 11.8 Å². The van der Waals surface area contributed by atoms with E-state index < -0.39 is 6.10 Å². The van der Waals surface area contributed by atoms with Crippen molar-refractivity contribution in [3.05, 3.63) is 53.9 Å². The molecule has 1 aliphatic rings. The molecule has 0 spiro atoms. The largest absolute Gasteiger partial charge is 0.391 e. The summed E-state index contributed by atoms with van der Waals surface area (Å²) in [5, 5.41) is 18.1. The van der Waals surface area contributed by atoms with E-state index in [4.69, 9.17) is 0 Å². The summed E-state index contributed by atoms with van der Waals surface area (Å²) in [4.78, 5) is 26.2. The monoisotopic (exact) mass is 426 g/mol. The summed E-state index contributed by atoms with van der Waals surface area (Å²) in [6.07, 6.45) is 4.96. The number of aryl methyl sites for hydroxylation is 2. The van der Waals surface area contributed by atoms with Gasteiger partial charge in [0.05, 0.1) is 12.1 Å². The van der Waals surface area contributed by atoms with Crippen molar-refractivity contribution in [3.63, 3.8) is 0 Å². The Morgan fingerprint density at radius 3 is 2.58 bits per heavy atom. The molecule has 1 heterocycles. The van der Waals surface area contributed by atoms with E-state index in [0.717, 1.165) is 18.5 Å². The van der Waals surface area contributed by atoms with Crippen LogP contribution in [0.4, 0.5) is 0 Å². The maximum absolute atomic E-state index is 12.9. The average molecular weight is 427 g/mol. The number of aromatic nitrogens is 2. The first-order chi connectivity index (χ1) is 14.8. The van der Waals surface area contributed by atoms with Crippen LogP contribution in [-0.4, -0.2) is 57.3 Å². The SMILES string of the molecule is CC(=O)NC[C@]1(c2ccccc2)CC[C@H](O)[C@@H](N(C)C(=O)CCc2ccnn2C)CC1. The lowest BCUT2D eigenvalue weighted by Crippen LogP contribution is -2.44. The van der Waals surface area contributed by atoms with Gasteiger partial charge in [-0.3, -0.25) is 14.3 Å². The molecule has 7 heteroatoms. The Hall–Kier alpha value is -2.67. The van der Waals surface area contributed by atoms with Crippen LogP contribution in [0.15, 0.2) is 42.6 Å². The highest BCUT2D eigenvalue weighted by molar-refractivity contribution is 5.76. The molecule has 1 fully saturated rings. The van der Waals surface area contributed by atoms with Gasteiger partial charge in [-0.15, -0.1) is 0 Å². The highest BCUT2D eigenvalue weighted by atomic mass is 16.3. The number of rotatable bonds is 7. The molecule has 3 rings (SSSR count). The smallest absolute Gasteiger partial charge is 0.223 e. The average Bonchev–Trinajstić information content (AvgIpc) is 3.10. The Kier molecular flexibility index (Phi) is 7.49. The van der Waals surface area contributed by atoms with Crippen molar-refractivity contribution in [2.75, 3.05) is 13.6 Å². The number of carbonyl (C=O) groups excluding carboxylic acids is 2. The standard InChI is InChI=1S/C24H34N4O3/c1-18(29)25-17-24(19-7-5-4-6-8-19)14-11-21(22(30)12-15-24)27(2)23(31)10-9-20-13-16-26-28(20)3/h4-8,13,16,21-22,30H,9-12,14-15,17H2,1-3H3,(H,25,29)/t21-,22-,24+/m0/s1. The summed E-state index contributed by atoms with van der Waals surface area (Å²) < 4.78 is 1.78. The van der Waals surface area contributed by atoms with Crippen LogP contribution >= 0.6 is 0 Å². The number of carbonyl (C=O) groups is 2. The Bertz CT molecular complexity index is 882. The van der Waals surface area contributed by atoms with E-state index in [1.54, 1.807) is 22.8 Å². The molecule has 1 aliphatic carbocycles. The van der Waals surface area contributed by atoms with Crippen molar-refractivity contribution >= 4 is 11.8 Å². The van der Waals surface area contributed by atoms with Crippen LogP contribution in [0.5, 0.6) is 0 Å². The number of amides is 2. The molecule has 1 aromatic heterocycles. The van der Waals surface area contributed by atoms with E-state index in [2.05, 4.69) is 22.5 Å². The fourth-order valence-electron chi connectivity index (χ4n) is 4.71. The second-order valence-corrected chi connectivity index (χ2v) is 8.72. The Balaban J connectivity index is 1.71. The number of nitrogens with zero attached hydrogens (tertiary/aromatic N) is 3. The number of benzene rings is 1. The molecule has 2 amide bonds. The van der Waals surface area contributed by atoms with Crippen LogP contribution in [-0.2, 0) is 28.5 Å². The highest BCUT2D eigenvalue weighted by Crippen LogP contribution is 2.39. The first-order valence-electron chi connectivity index (χ1n) is 11.0. The van der Waals surface area contributed by atoms with Crippen LogP contribution in [0.25, 0.3) is 0 Å². The molecular formula is C24H34N4O3. The predicted molar refractivity (Wildman–Crippen MR) is 119 cm³/mol. The maximum atomic E-state index is 12.9. The van der Waals surface area contributed by atoms with E-state index in [1.165, 1.54) is 12.5 Å². The Morgan fingerprint density at radius 2 is 1.94 bits per heavy atom. The molecular weight excluding hydrogens is 392 g/mol. The predicted octanol–water partition coefficient (Wildman–Crippen LogP) is 2.19. The lowest BCUT2D eigenvalue weighted by molar-refractivity contribution is -0.134. The molecule has 1 saturated carbocycles. The molecule has 0 unspecified atom stereocenters. The third kappa shape index (κ3) is 5.53. The maximum Gasteiger partial charge on any atom is 0.223 e. The fourth-order valence-corrected chi connectivity index (χ4v) is 4.71. The summed E-state index contributed by atoms with van der Waals surface area (Å²) in [6, 6.07) is 11.9. The number of likely N-dealkylation sites (N-methyl/N-ethyl adjacent to an activating group) is 1. The second-order valence-electron chi connectivity index (χ2n) is 8.72. The molecule has 0 radical (unpaired) electrons. The van der Waals surface area contributed by atoms with Gasteiger partial charge in [-0.25, -0.2) is 0 Å². The van der Waals surface area contributed by atoms with Crippen molar-refractivity contribution < 1.29 is 14.7 Å². The lowest BCUT2D eigenvalue weighted by atomic mass is 9.74. The van der Waals surface area contributed by atoms with E-state index in [1.807, 2.05) is 31.3 Å². The van der Waals surface area contributed by atoms with Crippen LogP contribution in [0, 0.1) is 0 Å². The van der Waals surface area contributed by atoms with Gasteiger partial charge in [0.15, 0.2) is 0 Å². The van der Waals surface area contributed by atoms with Crippen molar-refractivity contribution in [2.45, 2.75) is 63.0 Å². The van der Waals surface area contributed by atoms with E-state index >= 15 is 0 Å². The molecule has 1 aromatic carbocycles. The Morgan fingerprint density at radius 1 is 1.23 bits per heavy atom. The highest BCUT2D eigenvalue weighted by Gasteiger charge is 2.39. The van der Waals surface area contributed by atoms with Crippen molar-refractivity contribution in [3.8, 4) is 0 Å². The van der Waals surface area contributed by atoms with Crippen LogP contribution in [0.3, 0.4) is 0 Å². The van der Waals surface area contributed by atoms with Crippen molar-refractivity contribution in [2.24, 2.45) is 7.05 Å². The normalized spacial score (nSPS) is 23.7. The topological polar surface area (TPSA) is 87.5 Å². The number of hydrogen-bond acceptors (Lipinski definition) is 4. The van der Waals surface area contributed by atoms with Crippen LogP contribution in [0.1, 0.15) is 50.3 Å². The third-order valence-corrected chi connectivity index (χ3v) is 6.75. The van der Waals surface area contributed by atoms with Gasteiger partial charge in [0, 0.05) is 51.3 Å². The van der Waals surface area contributed by atoms with Gasteiger partial charge in [-0.2, -0.15) is 5.10 Å². The minimum Gasteiger partial charge on any atom is -0.391 e. The first kappa shape index (κ1) is 23.0. The molecule has 31 heavy (non-hydrogen) atoms. The van der Waals surface area contributed by atoms with Gasteiger partial charge < -0.3 is 15.3 Å². The minimum atomic E-state index is -0.589. The first-order valence-corrected chi connectivity index (χ1v) is 11.0. The van der Waals surface area contributed by atoms with Crippen LogP contribution < -0.4 is 5.32 Å². The summed E-state index contributed by atoms with van der Waals surface area (Å²) in [5.74, 6) is -0.0292. The van der Waals surface area contributed by atoms with Gasteiger partial charge >= 0.3 is 0 Å².